The lowest BCUT2D eigenvalue weighted by atomic mass is 10.2. The first-order chi connectivity index (χ1) is 12.2. The Labute approximate surface area is 148 Å². The fourth-order valence-electron chi connectivity index (χ4n) is 2.67. The van der Waals surface area contributed by atoms with E-state index in [1.54, 1.807) is 42.5 Å². The van der Waals surface area contributed by atoms with Crippen LogP contribution in [0.1, 0.15) is 11.9 Å². The molecule has 0 bridgehead atoms. The van der Waals surface area contributed by atoms with Gasteiger partial charge in [0.05, 0.1) is 17.6 Å². The van der Waals surface area contributed by atoms with Gasteiger partial charge >= 0.3 is 0 Å². The van der Waals surface area contributed by atoms with Crippen molar-refractivity contribution >= 4 is 22.6 Å². The Morgan fingerprint density at radius 1 is 1.12 bits per heavy atom. The van der Waals surface area contributed by atoms with Crippen LogP contribution in [0.25, 0.3) is 11.0 Å². The van der Waals surface area contributed by atoms with Gasteiger partial charge in [0.1, 0.15) is 30.3 Å². The smallest absolute Gasteiger partial charge is 0.200 e. The van der Waals surface area contributed by atoms with Crippen molar-refractivity contribution in [2.24, 2.45) is 0 Å². The van der Waals surface area contributed by atoms with E-state index < -0.39 is 6.29 Å². The fourth-order valence-corrected chi connectivity index (χ4v) is 2.80. The molecule has 1 aromatic heterocycles. The Balaban J connectivity index is 1.44. The molecule has 4 rings (SSSR count). The average molecular weight is 359 g/mol. The van der Waals surface area contributed by atoms with Gasteiger partial charge in [-0.2, -0.15) is 0 Å². The first-order valence-corrected chi connectivity index (χ1v) is 8.24. The van der Waals surface area contributed by atoms with Crippen LogP contribution in [-0.4, -0.2) is 19.3 Å². The molecule has 5 nitrogen and oxygen atoms in total. The molecule has 0 radical (unpaired) electrons. The molecule has 0 aliphatic carbocycles. The average Bonchev–Trinajstić information content (AvgIpc) is 3.10. The van der Waals surface area contributed by atoms with E-state index in [-0.39, 0.29) is 11.5 Å². The Bertz CT molecular complexity index is 934. The van der Waals surface area contributed by atoms with E-state index in [0.29, 0.717) is 40.5 Å². The van der Waals surface area contributed by atoms with Crippen LogP contribution in [0.2, 0.25) is 5.02 Å². The molecule has 2 atom stereocenters. The lowest BCUT2D eigenvalue weighted by Gasteiger charge is -2.12. The zero-order valence-electron chi connectivity index (χ0n) is 13.2. The SMILES string of the molecule is O=c1c(C2OCC(COc3ccc(Cl)cc3)O2)coc2ccccc12. The summed E-state index contributed by atoms with van der Waals surface area (Å²) in [5.41, 5.74) is 0.746. The minimum absolute atomic E-state index is 0.147. The molecule has 1 saturated heterocycles. The van der Waals surface area contributed by atoms with E-state index in [0.717, 1.165) is 0 Å². The number of para-hydroxylation sites is 1. The highest BCUT2D eigenvalue weighted by atomic mass is 35.5. The van der Waals surface area contributed by atoms with Gasteiger partial charge in [0, 0.05) is 5.02 Å². The third kappa shape index (κ3) is 3.39. The summed E-state index contributed by atoms with van der Waals surface area (Å²) in [7, 11) is 0. The maximum atomic E-state index is 12.6. The van der Waals surface area contributed by atoms with Gasteiger partial charge in [-0.15, -0.1) is 0 Å². The third-order valence-corrected chi connectivity index (χ3v) is 4.21. The quantitative estimate of drug-likeness (QED) is 0.707. The number of ether oxygens (including phenoxy) is 3. The van der Waals surface area contributed by atoms with Crippen molar-refractivity contribution in [3.8, 4) is 5.75 Å². The Hall–Kier alpha value is -2.34. The van der Waals surface area contributed by atoms with Gasteiger partial charge in [-0.05, 0) is 36.4 Å². The molecule has 1 fully saturated rings. The van der Waals surface area contributed by atoms with E-state index in [9.17, 15) is 4.79 Å². The molecule has 25 heavy (non-hydrogen) atoms. The van der Waals surface area contributed by atoms with Crippen LogP contribution in [0.5, 0.6) is 5.75 Å². The molecule has 3 aromatic rings. The van der Waals surface area contributed by atoms with Crippen molar-refractivity contribution in [2.45, 2.75) is 12.4 Å². The largest absolute Gasteiger partial charge is 0.491 e. The van der Waals surface area contributed by atoms with E-state index in [4.69, 9.17) is 30.2 Å². The summed E-state index contributed by atoms with van der Waals surface area (Å²) in [6.45, 7) is 0.654. The Morgan fingerprint density at radius 2 is 1.92 bits per heavy atom. The van der Waals surface area contributed by atoms with Gasteiger partial charge in [-0.1, -0.05) is 23.7 Å². The lowest BCUT2D eigenvalue weighted by molar-refractivity contribution is -0.0673. The third-order valence-electron chi connectivity index (χ3n) is 3.96. The highest BCUT2D eigenvalue weighted by molar-refractivity contribution is 6.30. The number of hydrogen-bond donors (Lipinski definition) is 0. The van der Waals surface area contributed by atoms with Crippen molar-refractivity contribution in [1.82, 2.24) is 0 Å². The predicted molar refractivity (Wildman–Crippen MR) is 93.0 cm³/mol. The summed E-state index contributed by atoms with van der Waals surface area (Å²) in [6, 6.07) is 14.2. The van der Waals surface area contributed by atoms with Crippen molar-refractivity contribution < 1.29 is 18.6 Å². The fraction of sp³-hybridized carbons (Fsp3) is 0.211. The van der Waals surface area contributed by atoms with Crippen LogP contribution >= 0.6 is 11.6 Å². The van der Waals surface area contributed by atoms with E-state index in [1.807, 2.05) is 6.07 Å². The topological polar surface area (TPSA) is 57.9 Å². The Kier molecular flexibility index (Phi) is 4.44. The molecule has 2 aromatic carbocycles. The van der Waals surface area contributed by atoms with E-state index in [1.165, 1.54) is 6.26 Å². The van der Waals surface area contributed by atoms with Crippen LogP contribution in [0.3, 0.4) is 0 Å². The van der Waals surface area contributed by atoms with Crippen LogP contribution < -0.4 is 10.2 Å². The number of halogens is 1. The van der Waals surface area contributed by atoms with Gasteiger partial charge < -0.3 is 18.6 Å². The number of hydrogen-bond acceptors (Lipinski definition) is 5. The molecule has 0 amide bonds. The number of benzene rings is 2. The first kappa shape index (κ1) is 16.1. The molecular formula is C19H15ClO5. The van der Waals surface area contributed by atoms with E-state index in [2.05, 4.69) is 0 Å². The summed E-state index contributed by atoms with van der Waals surface area (Å²) in [5, 5.41) is 1.16. The second-order valence-corrected chi connectivity index (χ2v) is 6.14. The molecule has 1 aliphatic rings. The lowest BCUT2D eigenvalue weighted by Crippen LogP contribution is -2.20. The van der Waals surface area contributed by atoms with Gasteiger partial charge in [0.25, 0.3) is 0 Å². The van der Waals surface area contributed by atoms with Crippen LogP contribution in [-0.2, 0) is 9.47 Å². The molecule has 6 heteroatoms. The Morgan fingerprint density at radius 3 is 2.76 bits per heavy atom. The minimum atomic E-state index is -0.750. The van der Waals surface area contributed by atoms with Gasteiger partial charge in [0.15, 0.2) is 6.29 Å². The number of fused-ring (bicyclic) bond motifs is 1. The second-order valence-electron chi connectivity index (χ2n) is 5.70. The molecule has 0 saturated carbocycles. The second kappa shape index (κ2) is 6.88. The van der Waals surface area contributed by atoms with Crippen molar-refractivity contribution in [3.63, 3.8) is 0 Å². The van der Waals surface area contributed by atoms with Gasteiger partial charge in [-0.3, -0.25) is 4.79 Å². The van der Waals surface area contributed by atoms with Crippen LogP contribution in [0.15, 0.2) is 64.0 Å². The summed E-state index contributed by atoms with van der Waals surface area (Å²) < 4.78 is 22.6. The van der Waals surface area contributed by atoms with Gasteiger partial charge in [0.2, 0.25) is 5.43 Å². The molecule has 0 N–H and O–H groups in total. The molecule has 2 heterocycles. The molecule has 0 spiro atoms. The normalized spacial score (nSPS) is 20.0. The molecule has 128 valence electrons. The van der Waals surface area contributed by atoms with Crippen LogP contribution in [0.4, 0.5) is 0 Å². The summed E-state index contributed by atoms with van der Waals surface area (Å²) >= 11 is 5.84. The van der Waals surface area contributed by atoms with Crippen molar-refractivity contribution in [2.75, 3.05) is 13.2 Å². The first-order valence-electron chi connectivity index (χ1n) is 7.86. The van der Waals surface area contributed by atoms with Crippen molar-refractivity contribution in [1.29, 1.82) is 0 Å². The minimum Gasteiger partial charge on any atom is -0.491 e. The highest BCUT2D eigenvalue weighted by Crippen LogP contribution is 2.27. The summed E-state index contributed by atoms with van der Waals surface area (Å²) in [4.78, 5) is 12.6. The molecule has 2 unspecified atom stereocenters. The van der Waals surface area contributed by atoms with E-state index >= 15 is 0 Å². The number of rotatable bonds is 4. The zero-order valence-corrected chi connectivity index (χ0v) is 13.9. The maximum Gasteiger partial charge on any atom is 0.200 e. The van der Waals surface area contributed by atoms with Crippen LogP contribution in [0, 0.1) is 0 Å². The highest BCUT2D eigenvalue weighted by Gasteiger charge is 2.30. The molecule has 1 aliphatic heterocycles. The van der Waals surface area contributed by atoms with Crippen molar-refractivity contribution in [3.05, 3.63) is 75.6 Å². The summed E-state index contributed by atoms with van der Waals surface area (Å²) in [5.74, 6) is 0.696. The van der Waals surface area contributed by atoms with Gasteiger partial charge in [-0.25, -0.2) is 0 Å². The zero-order chi connectivity index (χ0) is 17.2. The molecular weight excluding hydrogens is 344 g/mol. The summed E-state index contributed by atoms with van der Waals surface area (Å²) in [6.07, 6.45) is 0.379. The monoisotopic (exact) mass is 358 g/mol. The standard InChI is InChI=1S/C19H15ClO5/c20-12-5-7-13(8-6-12)22-9-14-10-24-19(25-14)16-11-23-17-4-2-1-3-15(17)18(16)21/h1-8,11,14,19H,9-10H2. The predicted octanol–water partition coefficient (Wildman–Crippen LogP) is 3.94. The maximum absolute atomic E-state index is 12.6.